The van der Waals surface area contributed by atoms with Gasteiger partial charge in [-0.1, -0.05) is 11.8 Å². The molecule has 5 nitrogen and oxygen atoms in total. The molecule has 0 amide bonds. The van der Waals surface area contributed by atoms with Gasteiger partial charge in [0, 0.05) is 38.4 Å². The first kappa shape index (κ1) is 20.1. The predicted molar refractivity (Wildman–Crippen MR) is 105 cm³/mol. The fourth-order valence-corrected chi connectivity index (χ4v) is 3.62. The molecule has 3 N–H and O–H groups in total. The third kappa shape index (κ3) is 5.44. The molecule has 28 heavy (non-hydrogen) atoms. The number of nitrogens with one attached hydrogen (secondary N) is 1. The molecule has 1 unspecified atom stereocenters. The van der Waals surface area contributed by atoms with Gasteiger partial charge >= 0.3 is 0 Å². The van der Waals surface area contributed by atoms with Crippen LogP contribution in [0.4, 0.5) is 20.2 Å². The van der Waals surface area contributed by atoms with Crippen LogP contribution in [0.5, 0.6) is 5.75 Å². The van der Waals surface area contributed by atoms with Crippen molar-refractivity contribution >= 4 is 34.4 Å². The van der Waals surface area contributed by atoms with Gasteiger partial charge in [-0.15, -0.1) is 0 Å². The Bertz CT molecular complexity index is 1000. The molecule has 0 heterocycles. The second-order valence-electron chi connectivity index (χ2n) is 5.69. The van der Waals surface area contributed by atoms with Gasteiger partial charge in [-0.05, 0) is 54.6 Å². The number of anilines is 2. The molecule has 0 aliphatic heterocycles. The molecule has 0 aliphatic rings. The fourth-order valence-electron chi connectivity index (χ4n) is 2.36. The molecular weight excluding hydrogens is 406 g/mol. The number of hydrogen-bond donors (Lipinski definition) is 2. The number of hydrogen-bond acceptors (Lipinski definition) is 5. The van der Waals surface area contributed by atoms with Gasteiger partial charge in [-0.2, -0.15) is 0 Å². The molecule has 3 aromatic carbocycles. The van der Waals surface area contributed by atoms with Crippen LogP contribution in [0.15, 0.2) is 70.5 Å². The summed E-state index contributed by atoms with van der Waals surface area (Å²) in [5.74, 6) is -1.68. The largest absolute Gasteiger partial charge is 0.755 e. The van der Waals surface area contributed by atoms with Crippen molar-refractivity contribution in [1.82, 2.24) is 0 Å². The molecule has 0 spiro atoms. The Labute approximate surface area is 167 Å². The molecular formula is C19H15F2N2O3S2-. The SMILES string of the molecule is Nc1ccc(Sc2ccc(NS(=O)[O-])c(COc3ccc(F)cc3F)c2)cc1. The Balaban J connectivity index is 1.82. The van der Waals surface area contributed by atoms with Crippen molar-refractivity contribution in [1.29, 1.82) is 0 Å². The molecule has 0 radical (unpaired) electrons. The van der Waals surface area contributed by atoms with E-state index in [2.05, 4.69) is 4.72 Å². The maximum Gasteiger partial charge on any atom is 0.167 e. The summed E-state index contributed by atoms with van der Waals surface area (Å²) >= 11 is -1.08. The van der Waals surface area contributed by atoms with Gasteiger partial charge in [-0.3, -0.25) is 4.21 Å². The van der Waals surface area contributed by atoms with E-state index in [4.69, 9.17) is 10.5 Å². The van der Waals surface area contributed by atoms with Crippen molar-refractivity contribution in [3.8, 4) is 5.75 Å². The van der Waals surface area contributed by atoms with E-state index in [-0.39, 0.29) is 12.4 Å². The molecule has 0 saturated heterocycles. The van der Waals surface area contributed by atoms with Crippen LogP contribution in [0.1, 0.15) is 5.56 Å². The minimum absolute atomic E-state index is 0.113. The number of rotatable bonds is 7. The van der Waals surface area contributed by atoms with Gasteiger partial charge < -0.3 is 19.7 Å². The van der Waals surface area contributed by atoms with Gasteiger partial charge in [0.15, 0.2) is 11.6 Å². The maximum absolute atomic E-state index is 13.8. The lowest BCUT2D eigenvalue weighted by molar-refractivity contribution is 0.289. The monoisotopic (exact) mass is 421 g/mol. The predicted octanol–water partition coefficient (Wildman–Crippen LogP) is 4.48. The molecule has 9 heteroatoms. The Kier molecular flexibility index (Phi) is 6.50. The van der Waals surface area contributed by atoms with E-state index < -0.39 is 22.9 Å². The van der Waals surface area contributed by atoms with Crippen LogP contribution < -0.4 is 15.2 Å². The van der Waals surface area contributed by atoms with Crippen molar-refractivity contribution in [3.05, 3.63) is 77.9 Å². The Hall–Kier alpha value is -2.62. The van der Waals surface area contributed by atoms with E-state index in [1.165, 1.54) is 17.8 Å². The number of benzene rings is 3. The molecule has 3 aromatic rings. The van der Waals surface area contributed by atoms with Crippen molar-refractivity contribution in [2.24, 2.45) is 0 Å². The highest BCUT2D eigenvalue weighted by Crippen LogP contribution is 2.32. The van der Waals surface area contributed by atoms with Crippen LogP contribution in [-0.4, -0.2) is 8.76 Å². The molecule has 0 fully saturated rings. The second kappa shape index (κ2) is 9.05. The topological polar surface area (TPSA) is 87.4 Å². The summed E-state index contributed by atoms with van der Waals surface area (Å²) in [5, 5.41) is 0. The van der Waals surface area contributed by atoms with Gasteiger partial charge in [0.2, 0.25) is 0 Å². The number of ether oxygens (including phenoxy) is 1. The summed E-state index contributed by atoms with van der Waals surface area (Å²) in [5.41, 5.74) is 7.13. The molecule has 1 atom stereocenters. The van der Waals surface area contributed by atoms with E-state index in [1.54, 1.807) is 30.3 Å². The lowest BCUT2D eigenvalue weighted by Crippen LogP contribution is -2.07. The van der Waals surface area contributed by atoms with E-state index in [0.717, 1.165) is 15.9 Å². The third-order valence-electron chi connectivity index (χ3n) is 3.66. The van der Waals surface area contributed by atoms with Crippen molar-refractivity contribution in [3.63, 3.8) is 0 Å². The van der Waals surface area contributed by atoms with Crippen molar-refractivity contribution in [2.45, 2.75) is 16.4 Å². The highest BCUT2D eigenvalue weighted by atomic mass is 32.2. The van der Waals surface area contributed by atoms with Crippen LogP contribution in [0, 0.1) is 11.6 Å². The Morgan fingerprint density at radius 2 is 1.75 bits per heavy atom. The summed E-state index contributed by atoms with van der Waals surface area (Å²) in [6, 6.07) is 15.3. The Morgan fingerprint density at radius 1 is 1.04 bits per heavy atom. The standard InChI is InChI=1S/C19H16F2N2O3S2/c20-13-1-8-19(17(21)10-13)26-11-12-9-16(6-7-18(12)23-28(24)25)27-15-4-2-14(22)3-5-15/h1-10,23H,11,22H2,(H,24,25)/p-1. The zero-order valence-electron chi connectivity index (χ0n) is 14.4. The van der Waals surface area contributed by atoms with Crippen LogP contribution >= 0.6 is 11.8 Å². The summed E-state index contributed by atoms with van der Waals surface area (Å²) in [6.07, 6.45) is 0. The smallest absolute Gasteiger partial charge is 0.167 e. The molecule has 0 bridgehead atoms. The first-order valence-electron chi connectivity index (χ1n) is 8.01. The lowest BCUT2D eigenvalue weighted by Gasteiger charge is -2.16. The van der Waals surface area contributed by atoms with Crippen LogP contribution in [-0.2, 0) is 17.9 Å². The highest BCUT2D eigenvalue weighted by molar-refractivity contribution is 7.99. The average Bonchev–Trinajstić information content (AvgIpc) is 2.64. The minimum atomic E-state index is -2.53. The van der Waals surface area contributed by atoms with E-state index >= 15 is 0 Å². The molecule has 0 aliphatic carbocycles. The Morgan fingerprint density at radius 3 is 2.43 bits per heavy atom. The van der Waals surface area contributed by atoms with Crippen LogP contribution in [0.3, 0.4) is 0 Å². The zero-order chi connectivity index (χ0) is 20.1. The van der Waals surface area contributed by atoms with Crippen molar-refractivity contribution in [2.75, 3.05) is 10.5 Å². The molecule has 3 rings (SSSR count). The maximum atomic E-state index is 13.8. The first-order chi connectivity index (χ1) is 13.4. The van der Waals surface area contributed by atoms with E-state index in [1.807, 2.05) is 12.1 Å². The van der Waals surface area contributed by atoms with Crippen LogP contribution in [0.25, 0.3) is 0 Å². The van der Waals surface area contributed by atoms with Crippen molar-refractivity contribution < 1.29 is 22.3 Å². The van der Waals surface area contributed by atoms with E-state index in [0.29, 0.717) is 23.0 Å². The lowest BCUT2D eigenvalue weighted by atomic mass is 10.2. The van der Waals surface area contributed by atoms with Gasteiger partial charge in [0.05, 0.1) is 5.69 Å². The number of nitrogens with two attached hydrogens (primary N) is 1. The van der Waals surface area contributed by atoms with Gasteiger partial charge in [-0.25, -0.2) is 8.78 Å². The molecule has 146 valence electrons. The average molecular weight is 421 g/mol. The second-order valence-corrected chi connectivity index (χ2v) is 7.51. The summed E-state index contributed by atoms with van der Waals surface area (Å²) < 4.78 is 56.5. The van der Waals surface area contributed by atoms with Crippen LogP contribution in [0.2, 0.25) is 0 Å². The van der Waals surface area contributed by atoms with E-state index in [9.17, 15) is 17.5 Å². The highest BCUT2D eigenvalue weighted by Gasteiger charge is 2.10. The van der Waals surface area contributed by atoms with Gasteiger partial charge in [0.1, 0.15) is 12.4 Å². The summed E-state index contributed by atoms with van der Waals surface area (Å²) in [6.45, 7) is -0.113. The quantitative estimate of drug-likeness (QED) is 0.434. The zero-order valence-corrected chi connectivity index (χ0v) is 16.0. The minimum Gasteiger partial charge on any atom is -0.755 e. The van der Waals surface area contributed by atoms with Gasteiger partial charge in [0.25, 0.3) is 0 Å². The first-order valence-corrected chi connectivity index (χ1v) is 9.90. The summed E-state index contributed by atoms with van der Waals surface area (Å²) in [7, 11) is 0. The number of halogens is 2. The molecule has 0 saturated carbocycles. The summed E-state index contributed by atoms with van der Waals surface area (Å²) in [4.78, 5) is 1.77. The fraction of sp³-hybridized carbons (Fsp3) is 0.0526. The third-order valence-corrected chi connectivity index (χ3v) is 5.05. The number of nitrogen functional groups attached to an aromatic ring is 1. The molecule has 0 aromatic heterocycles. The normalized spacial score (nSPS) is 11.8.